The van der Waals surface area contributed by atoms with Gasteiger partial charge in [-0.15, -0.1) is 0 Å². The molecule has 0 radical (unpaired) electrons. The molecule has 1 amide bonds. The smallest absolute Gasteiger partial charge is 0.243 e. The molecule has 8 heteroatoms. The van der Waals surface area contributed by atoms with E-state index in [9.17, 15) is 4.79 Å². The fourth-order valence-electron chi connectivity index (χ4n) is 1.89. The van der Waals surface area contributed by atoms with E-state index in [0.717, 1.165) is 0 Å². The monoisotopic (exact) mass is 338 g/mol. The summed E-state index contributed by atoms with van der Waals surface area (Å²) in [6.45, 7) is 2.65. The molecule has 8 nitrogen and oxygen atoms in total. The number of anilines is 1. The minimum absolute atomic E-state index is 0.0484. The number of likely N-dealkylation sites (N-methyl/N-ethyl adjacent to an activating group) is 1. The number of rotatable bonds is 7. The number of ether oxygens (including phenoxy) is 3. The Hall–Kier alpha value is -2.64. The molecule has 0 bridgehead atoms. The Labute approximate surface area is 142 Å². The second-order valence-electron chi connectivity index (χ2n) is 5.02. The van der Waals surface area contributed by atoms with Crippen molar-refractivity contribution < 1.29 is 19.0 Å². The van der Waals surface area contributed by atoms with Crippen LogP contribution in [0.1, 0.15) is 6.92 Å². The van der Waals surface area contributed by atoms with E-state index in [1.165, 1.54) is 4.90 Å². The van der Waals surface area contributed by atoms with Crippen LogP contribution in [0.4, 0.5) is 5.69 Å². The van der Waals surface area contributed by atoms with Gasteiger partial charge in [0.1, 0.15) is 6.54 Å². The van der Waals surface area contributed by atoms with Gasteiger partial charge in [-0.2, -0.15) is 0 Å². The highest BCUT2D eigenvalue weighted by molar-refractivity contribution is 5.95. The Morgan fingerprint density at radius 1 is 1.12 bits per heavy atom. The lowest BCUT2D eigenvalue weighted by atomic mass is 10.2. The molecule has 1 aromatic rings. The Bertz CT molecular complexity index is 562. The molecule has 0 aliphatic carbocycles. The lowest BCUT2D eigenvalue weighted by Crippen LogP contribution is -2.32. The van der Waals surface area contributed by atoms with Gasteiger partial charge >= 0.3 is 0 Å². The molecule has 0 aliphatic heterocycles. The number of methoxy groups -OCH3 is 3. The SMILES string of the molecule is CCNC(=NCC(=O)N(C)C)Nc1cc(OC)c(OC)c(OC)c1. The van der Waals surface area contributed by atoms with Gasteiger partial charge in [0.05, 0.1) is 21.3 Å². The van der Waals surface area contributed by atoms with Gasteiger partial charge in [0, 0.05) is 38.5 Å². The van der Waals surface area contributed by atoms with Crippen molar-refractivity contribution in [2.45, 2.75) is 6.92 Å². The standard InChI is InChI=1S/C16H26N4O4/c1-7-17-16(18-10-14(21)20(2)3)19-11-8-12(22-4)15(24-6)13(9-11)23-5/h8-9H,7,10H2,1-6H3,(H2,17,18,19). The van der Waals surface area contributed by atoms with Crippen molar-refractivity contribution in [1.82, 2.24) is 10.2 Å². The van der Waals surface area contributed by atoms with Crippen LogP contribution in [-0.4, -0.2) is 65.3 Å². The van der Waals surface area contributed by atoms with E-state index in [2.05, 4.69) is 15.6 Å². The summed E-state index contributed by atoms with van der Waals surface area (Å²) in [7, 11) is 8.03. The van der Waals surface area contributed by atoms with Crippen LogP contribution in [0.3, 0.4) is 0 Å². The van der Waals surface area contributed by atoms with Crippen molar-refractivity contribution in [3.8, 4) is 17.2 Å². The maximum Gasteiger partial charge on any atom is 0.243 e. The third kappa shape index (κ3) is 5.22. The predicted molar refractivity (Wildman–Crippen MR) is 94.4 cm³/mol. The van der Waals surface area contributed by atoms with E-state index in [1.807, 2.05) is 6.92 Å². The minimum Gasteiger partial charge on any atom is -0.493 e. The van der Waals surface area contributed by atoms with Crippen LogP contribution in [0.15, 0.2) is 17.1 Å². The van der Waals surface area contributed by atoms with Crippen molar-refractivity contribution in [1.29, 1.82) is 0 Å². The minimum atomic E-state index is -0.0860. The van der Waals surface area contributed by atoms with Gasteiger partial charge in [-0.3, -0.25) is 4.79 Å². The fourth-order valence-corrected chi connectivity index (χ4v) is 1.89. The van der Waals surface area contributed by atoms with Gasteiger partial charge in [0.25, 0.3) is 0 Å². The van der Waals surface area contributed by atoms with Gasteiger partial charge in [0.15, 0.2) is 17.5 Å². The first-order chi connectivity index (χ1) is 11.5. The molecular formula is C16H26N4O4. The lowest BCUT2D eigenvalue weighted by Gasteiger charge is -2.16. The molecule has 1 rings (SSSR count). The number of hydrogen-bond donors (Lipinski definition) is 2. The second kappa shape index (κ2) is 9.49. The lowest BCUT2D eigenvalue weighted by molar-refractivity contribution is -0.127. The van der Waals surface area contributed by atoms with E-state index in [-0.39, 0.29) is 12.5 Å². The zero-order valence-electron chi connectivity index (χ0n) is 15.1. The highest BCUT2D eigenvalue weighted by atomic mass is 16.5. The molecule has 0 unspecified atom stereocenters. The van der Waals surface area contributed by atoms with Gasteiger partial charge in [-0.1, -0.05) is 0 Å². The number of guanidine groups is 1. The van der Waals surface area contributed by atoms with Crippen LogP contribution in [0.2, 0.25) is 0 Å². The topological polar surface area (TPSA) is 84.4 Å². The summed E-state index contributed by atoms with van der Waals surface area (Å²) in [5.41, 5.74) is 0.696. The molecule has 134 valence electrons. The van der Waals surface area contributed by atoms with E-state index in [1.54, 1.807) is 47.6 Å². The van der Waals surface area contributed by atoms with Crippen LogP contribution in [0, 0.1) is 0 Å². The number of carbonyl (C=O) groups excluding carboxylic acids is 1. The highest BCUT2D eigenvalue weighted by Gasteiger charge is 2.14. The molecule has 0 aliphatic rings. The molecule has 0 saturated heterocycles. The Morgan fingerprint density at radius 3 is 2.12 bits per heavy atom. The summed E-state index contributed by atoms with van der Waals surface area (Å²) in [6, 6.07) is 3.53. The molecular weight excluding hydrogens is 312 g/mol. The van der Waals surface area contributed by atoms with Gasteiger partial charge < -0.3 is 29.7 Å². The van der Waals surface area contributed by atoms with E-state index in [4.69, 9.17) is 14.2 Å². The van der Waals surface area contributed by atoms with Crippen LogP contribution in [0.5, 0.6) is 17.2 Å². The average molecular weight is 338 g/mol. The zero-order chi connectivity index (χ0) is 18.1. The number of hydrogen-bond acceptors (Lipinski definition) is 5. The largest absolute Gasteiger partial charge is 0.493 e. The average Bonchev–Trinajstić information content (AvgIpc) is 2.58. The molecule has 0 spiro atoms. The van der Waals surface area contributed by atoms with Crippen molar-refractivity contribution in [2.75, 3.05) is 53.8 Å². The van der Waals surface area contributed by atoms with E-state index < -0.39 is 0 Å². The summed E-state index contributed by atoms with van der Waals surface area (Å²) in [6.07, 6.45) is 0. The first kappa shape index (κ1) is 19.4. The van der Waals surface area contributed by atoms with Gasteiger partial charge in [-0.05, 0) is 6.92 Å². The van der Waals surface area contributed by atoms with Crippen molar-refractivity contribution in [3.05, 3.63) is 12.1 Å². The van der Waals surface area contributed by atoms with Crippen LogP contribution >= 0.6 is 0 Å². The molecule has 0 heterocycles. The van der Waals surface area contributed by atoms with Gasteiger partial charge in [0.2, 0.25) is 11.7 Å². The number of nitrogens with zero attached hydrogens (tertiary/aromatic N) is 2. The Kier molecular flexibility index (Phi) is 7.67. The summed E-state index contributed by atoms with van der Waals surface area (Å²) >= 11 is 0. The first-order valence-electron chi connectivity index (χ1n) is 7.52. The summed E-state index contributed by atoms with van der Waals surface area (Å²) in [5.74, 6) is 1.97. The molecule has 24 heavy (non-hydrogen) atoms. The van der Waals surface area contributed by atoms with E-state index >= 15 is 0 Å². The van der Waals surface area contributed by atoms with Crippen LogP contribution in [0.25, 0.3) is 0 Å². The summed E-state index contributed by atoms with van der Waals surface area (Å²) < 4.78 is 15.9. The third-order valence-electron chi connectivity index (χ3n) is 3.14. The Morgan fingerprint density at radius 2 is 1.71 bits per heavy atom. The third-order valence-corrected chi connectivity index (χ3v) is 3.14. The maximum atomic E-state index is 11.7. The molecule has 0 aromatic heterocycles. The number of aliphatic imine (C=N–C) groups is 1. The fraction of sp³-hybridized carbons (Fsp3) is 0.500. The molecule has 1 aromatic carbocycles. The second-order valence-corrected chi connectivity index (χ2v) is 5.02. The highest BCUT2D eigenvalue weighted by Crippen LogP contribution is 2.39. The summed E-state index contributed by atoms with van der Waals surface area (Å²) in [5, 5.41) is 6.21. The Balaban J connectivity index is 3.05. The number of amides is 1. The van der Waals surface area contributed by atoms with Crippen molar-refractivity contribution in [3.63, 3.8) is 0 Å². The summed E-state index contributed by atoms with van der Waals surface area (Å²) in [4.78, 5) is 17.5. The van der Waals surface area contributed by atoms with Crippen LogP contribution < -0.4 is 24.8 Å². The van der Waals surface area contributed by atoms with Gasteiger partial charge in [-0.25, -0.2) is 4.99 Å². The predicted octanol–water partition coefficient (Wildman–Crippen LogP) is 1.18. The normalized spacial score (nSPS) is 10.8. The number of carbonyl (C=O) groups is 1. The molecule has 2 N–H and O–H groups in total. The first-order valence-corrected chi connectivity index (χ1v) is 7.52. The maximum absolute atomic E-state index is 11.7. The quantitative estimate of drug-likeness (QED) is 0.574. The zero-order valence-corrected chi connectivity index (χ0v) is 15.1. The molecule has 0 atom stereocenters. The number of benzene rings is 1. The van der Waals surface area contributed by atoms with Crippen molar-refractivity contribution in [2.24, 2.45) is 4.99 Å². The number of nitrogens with one attached hydrogen (secondary N) is 2. The van der Waals surface area contributed by atoms with Crippen LogP contribution in [-0.2, 0) is 4.79 Å². The molecule has 0 fully saturated rings. The van der Waals surface area contributed by atoms with E-state index in [0.29, 0.717) is 35.4 Å². The van der Waals surface area contributed by atoms with Crippen molar-refractivity contribution >= 4 is 17.6 Å². The molecule has 0 saturated carbocycles.